The molecule has 0 radical (unpaired) electrons. The van der Waals surface area contributed by atoms with Crippen molar-refractivity contribution in [3.8, 4) is 0 Å². The van der Waals surface area contributed by atoms with Crippen LogP contribution in [0.15, 0.2) is 54.7 Å². The van der Waals surface area contributed by atoms with Gasteiger partial charge in [-0.2, -0.15) is 0 Å². The maximum Gasteiger partial charge on any atom is 0.221 e. The van der Waals surface area contributed by atoms with Crippen LogP contribution in [0, 0.1) is 0 Å². The molecule has 0 aliphatic carbocycles. The maximum atomic E-state index is 12.5. The van der Waals surface area contributed by atoms with Crippen LogP contribution in [-0.4, -0.2) is 16.9 Å². The molecule has 0 fully saturated rings. The van der Waals surface area contributed by atoms with Gasteiger partial charge in [0.15, 0.2) is 0 Å². The highest BCUT2D eigenvalue weighted by Gasteiger charge is 2.22. The molecule has 25 heavy (non-hydrogen) atoms. The largest absolute Gasteiger partial charge is 0.361 e. The van der Waals surface area contributed by atoms with Crippen LogP contribution >= 0.6 is 11.6 Å². The van der Waals surface area contributed by atoms with Crippen LogP contribution in [0.25, 0.3) is 10.9 Å². The molecule has 2 N–H and O–H groups in total. The first-order chi connectivity index (χ1) is 12.1. The number of benzene rings is 2. The summed E-state index contributed by atoms with van der Waals surface area (Å²) in [6.45, 7) is 4.10. The van der Waals surface area contributed by atoms with Crippen LogP contribution in [0.5, 0.6) is 0 Å². The SMILES string of the molecule is CC[C@H](C)NC(=O)C[C@H](c1ccc(Cl)cc1)c1c[nH]c2ccccc12. The lowest BCUT2D eigenvalue weighted by Crippen LogP contribution is -2.33. The minimum Gasteiger partial charge on any atom is -0.361 e. The Balaban J connectivity index is 1.97. The third-order valence-electron chi connectivity index (χ3n) is 4.68. The van der Waals surface area contributed by atoms with Crippen LogP contribution in [-0.2, 0) is 4.79 Å². The van der Waals surface area contributed by atoms with Gasteiger partial charge in [0, 0.05) is 40.5 Å². The highest BCUT2D eigenvalue weighted by molar-refractivity contribution is 6.30. The van der Waals surface area contributed by atoms with Gasteiger partial charge in [-0.1, -0.05) is 48.9 Å². The Kier molecular flexibility index (Phi) is 5.44. The van der Waals surface area contributed by atoms with Crippen LogP contribution in [0.2, 0.25) is 5.02 Å². The topological polar surface area (TPSA) is 44.9 Å². The molecule has 3 nitrogen and oxygen atoms in total. The lowest BCUT2D eigenvalue weighted by Gasteiger charge is -2.19. The van der Waals surface area contributed by atoms with Gasteiger partial charge in [-0.15, -0.1) is 0 Å². The summed E-state index contributed by atoms with van der Waals surface area (Å²) in [6.07, 6.45) is 3.35. The Morgan fingerprint density at radius 1 is 1.16 bits per heavy atom. The fraction of sp³-hybridized carbons (Fsp3) is 0.286. The number of nitrogens with one attached hydrogen (secondary N) is 2. The second-order valence-corrected chi connectivity index (χ2v) is 6.91. The molecule has 1 heterocycles. The third-order valence-corrected chi connectivity index (χ3v) is 4.93. The van der Waals surface area contributed by atoms with E-state index in [2.05, 4.69) is 29.4 Å². The molecule has 2 atom stereocenters. The second-order valence-electron chi connectivity index (χ2n) is 6.47. The molecule has 0 aliphatic rings. The molecule has 0 unspecified atom stereocenters. The van der Waals surface area contributed by atoms with Crippen LogP contribution < -0.4 is 5.32 Å². The molecule has 2 aromatic carbocycles. The third kappa shape index (κ3) is 4.05. The number of aromatic nitrogens is 1. The number of hydrogen-bond donors (Lipinski definition) is 2. The lowest BCUT2D eigenvalue weighted by molar-refractivity contribution is -0.121. The Hall–Kier alpha value is -2.26. The van der Waals surface area contributed by atoms with E-state index in [9.17, 15) is 4.79 Å². The van der Waals surface area contributed by atoms with E-state index < -0.39 is 0 Å². The number of carbonyl (C=O) groups is 1. The van der Waals surface area contributed by atoms with Gasteiger partial charge in [-0.05, 0) is 42.7 Å². The smallest absolute Gasteiger partial charge is 0.221 e. The number of halogens is 1. The van der Waals surface area contributed by atoms with Gasteiger partial charge < -0.3 is 10.3 Å². The number of para-hydroxylation sites is 1. The summed E-state index contributed by atoms with van der Waals surface area (Å²) in [4.78, 5) is 15.9. The van der Waals surface area contributed by atoms with Gasteiger partial charge in [-0.25, -0.2) is 0 Å². The van der Waals surface area contributed by atoms with Crippen molar-refractivity contribution in [1.82, 2.24) is 10.3 Å². The van der Waals surface area contributed by atoms with E-state index in [1.54, 1.807) is 0 Å². The molecule has 0 saturated heterocycles. The molecular weight excluding hydrogens is 332 g/mol. The zero-order chi connectivity index (χ0) is 17.8. The fourth-order valence-electron chi connectivity index (χ4n) is 3.11. The van der Waals surface area contributed by atoms with Crippen LogP contribution in [0.1, 0.15) is 43.7 Å². The van der Waals surface area contributed by atoms with E-state index in [-0.39, 0.29) is 17.9 Å². The molecule has 4 heteroatoms. The number of H-pyrrole nitrogens is 1. The van der Waals surface area contributed by atoms with E-state index in [0.29, 0.717) is 11.4 Å². The predicted molar refractivity (Wildman–Crippen MR) is 104 cm³/mol. The number of rotatable bonds is 6. The van der Waals surface area contributed by atoms with E-state index in [1.165, 1.54) is 0 Å². The van der Waals surface area contributed by atoms with Gasteiger partial charge >= 0.3 is 0 Å². The van der Waals surface area contributed by atoms with Crippen LogP contribution in [0.4, 0.5) is 0 Å². The molecule has 0 spiro atoms. The van der Waals surface area contributed by atoms with Crippen molar-refractivity contribution >= 4 is 28.4 Å². The summed E-state index contributed by atoms with van der Waals surface area (Å²) >= 11 is 6.04. The minimum atomic E-state index is -0.0162. The molecule has 0 aliphatic heterocycles. The molecule has 130 valence electrons. The first-order valence-corrected chi connectivity index (χ1v) is 9.07. The predicted octanol–water partition coefficient (Wildman–Crippen LogP) is 5.26. The number of fused-ring (bicyclic) bond motifs is 1. The van der Waals surface area contributed by atoms with Crippen molar-refractivity contribution in [2.24, 2.45) is 0 Å². The summed E-state index contributed by atoms with van der Waals surface area (Å²) in [7, 11) is 0. The number of carbonyl (C=O) groups excluding carboxylic acids is 1. The average Bonchev–Trinajstić information content (AvgIpc) is 3.04. The van der Waals surface area contributed by atoms with Gasteiger partial charge in [0.25, 0.3) is 0 Å². The van der Waals surface area contributed by atoms with Crippen molar-refractivity contribution in [3.05, 3.63) is 70.9 Å². The fourth-order valence-corrected chi connectivity index (χ4v) is 3.23. The van der Waals surface area contributed by atoms with E-state index in [4.69, 9.17) is 11.6 Å². The van der Waals surface area contributed by atoms with Crippen molar-refractivity contribution in [3.63, 3.8) is 0 Å². The van der Waals surface area contributed by atoms with E-state index >= 15 is 0 Å². The van der Waals surface area contributed by atoms with Gasteiger partial charge in [0.2, 0.25) is 5.91 Å². The highest BCUT2D eigenvalue weighted by Crippen LogP contribution is 2.33. The lowest BCUT2D eigenvalue weighted by atomic mass is 9.88. The molecule has 3 rings (SSSR count). The first-order valence-electron chi connectivity index (χ1n) is 8.69. The maximum absolute atomic E-state index is 12.5. The Morgan fingerprint density at radius 3 is 2.60 bits per heavy atom. The van der Waals surface area contributed by atoms with Crippen molar-refractivity contribution in [2.75, 3.05) is 0 Å². The quantitative estimate of drug-likeness (QED) is 0.623. The monoisotopic (exact) mass is 354 g/mol. The van der Waals surface area contributed by atoms with Gasteiger partial charge in [0.1, 0.15) is 0 Å². The molecule has 1 aromatic heterocycles. The Labute approximate surface area is 153 Å². The first kappa shape index (κ1) is 17.6. The zero-order valence-electron chi connectivity index (χ0n) is 14.6. The number of aromatic amines is 1. The summed E-state index contributed by atoms with van der Waals surface area (Å²) in [5, 5.41) is 4.93. The van der Waals surface area contributed by atoms with Gasteiger partial charge in [0.05, 0.1) is 0 Å². The summed E-state index contributed by atoms with van der Waals surface area (Å²) in [5.41, 5.74) is 3.31. The molecule has 0 saturated carbocycles. The molecule has 1 amide bonds. The van der Waals surface area contributed by atoms with Crippen LogP contribution in [0.3, 0.4) is 0 Å². The number of amides is 1. The zero-order valence-corrected chi connectivity index (χ0v) is 15.3. The minimum absolute atomic E-state index is 0.0162. The Bertz CT molecular complexity index is 854. The molecule has 0 bridgehead atoms. The molecule has 3 aromatic rings. The van der Waals surface area contributed by atoms with Crippen molar-refractivity contribution in [2.45, 2.75) is 38.6 Å². The normalized spacial score (nSPS) is 13.6. The van der Waals surface area contributed by atoms with Gasteiger partial charge in [-0.3, -0.25) is 4.79 Å². The van der Waals surface area contributed by atoms with Crippen molar-refractivity contribution < 1.29 is 4.79 Å². The summed E-state index contributed by atoms with van der Waals surface area (Å²) < 4.78 is 0. The number of hydrogen-bond acceptors (Lipinski definition) is 1. The van der Waals surface area contributed by atoms with E-state index in [1.807, 2.05) is 49.5 Å². The Morgan fingerprint density at radius 2 is 1.88 bits per heavy atom. The second kappa shape index (κ2) is 7.75. The standard InChI is InChI=1S/C21H23ClN2O/c1-3-14(2)24-21(25)12-18(15-8-10-16(22)11-9-15)19-13-23-20-7-5-4-6-17(19)20/h4-11,13-14,18,23H,3,12H2,1-2H3,(H,24,25)/t14-,18+/m0/s1. The van der Waals surface area contributed by atoms with Crippen molar-refractivity contribution in [1.29, 1.82) is 0 Å². The summed E-state index contributed by atoms with van der Waals surface area (Å²) in [5.74, 6) is 0.0528. The summed E-state index contributed by atoms with van der Waals surface area (Å²) in [6, 6.07) is 16.1. The van der Waals surface area contributed by atoms with E-state index in [0.717, 1.165) is 28.5 Å². The molecular formula is C21H23ClN2O. The average molecular weight is 355 g/mol. The highest BCUT2D eigenvalue weighted by atomic mass is 35.5.